The molecule has 1 rings (SSSR count). The summed E-state index contributed by atoms with van der Waals surface area (Å²) in [5, 5.41) is 0. The zero-order chi connectivity index (χ0) is 12.3. The van der Waals surface area contributed by atoms with E-state index in [0.29, 0.717) is 6.07 Å². The molecule has 0 saturated carbocycles. The lowest BCUT2D eigenvalue weighted by Gasteiger charge is -2.00. The first-order valence-corrected chi connectivity index (χ1v) is 4.56. The molecule has 0 saturated heterocycles. The average Bonchev–Trinajstić information content (AvgIpc) is 2.65. The Morgan fingerprint density at radius 3 is 2.38 bits per heavy atom. The third kappa shape index (κ3) is 2.95. The highest BCUT2D eigenvalue weighted by Gasteiger charge is 2.35. The number of hydrogen-bond donors (Lipinski definition) is 0. The second-order valence-corrected chi connectivity index (χ2v) is 3.15. The second kappa shape index (κ2) is 4.51. The summed E-state index contributed by atoms with van der Waals surface area (Å²) in [7, 11) is 0. The Balaban J connectivity index is 2.79. The van der Waals surface area contributed by atoms with Crippen molar-refractivity contribution in [1.29, 1.82) is 0 Å². The lowest BCUT2D eigenvalue weighted by atomic mass is 10.1. The fourth-order valence-corrected chi connectivity index (χ4v) is 1.03. The number of carbonyl (C=O) groups is 2. The van der Waals surface area contributed by atoms with Crippen LogP contribution in [-0.4, -0.2) is 11.6 Å². The van der Waals surface area contributed by atoms with Crippen LogP contribution in [0.2, 0.25) is 0 Å². The van der Waals surface area contributed by atoms with Gasteiger partial charge in [-0.25, -0.2) is 0 Å². The number of Topliss-reactive ketones (excluding diaryl/α,β-unsaturated/α-hetero) is 2. The van der Waals surface area contributed by atoms with Gasteiger partial charge in [0.25, 0.3) is 0 Å². The van der Waals surface area contributed by atoms with Gasteiger partial charge in [0.1, 0.15) is 5.78 Å². The molecule has 0 bridgehead atoms. The van der Waals surface area contributed by atoms with E-state index in [2.05, 4.69) is 4.42 Å². The molecule has 88 valence electrons. The first-order chi connectivity index (χ1) is 7.34. The standard InChI is InChI=1S/C10H9F3O3/c1-2-6(14)5-7(15)8-3-4-9(16-8)10(11,12)13/h3-4H,2,5H2,1H3. The van der Waals surface area contributed by atoms with Gasteiger partial charge in [-0.2, -0.15) is 13.2 Å². The van der Waals surface area contributed by atoms with Crippen LogP contribution in [0.4, 0.5) is 13.2 Å². The minimum Gasteiger partial charge on any atom is -0.448 e. The number of carbonyl (C=O) groups excluding carboxylic acids is 2. The SMILES string of the molecule is CCC(=O)CC(=O)c1ccc(C(F)(F)F)o1. The average molecular weight is 234 g/mol. The van der Waals surface area contributed by atoms with Crippen LogP contribution in [0.15, 0.2) is 16.5 Å². The highest BCUT2D eigenvalue weighted by atomic mass is 19.4. The van der Waals surface area contributed by atoms with E-state index in [4.69, 9.17) is 0 Å². The number of ketones is 2. The molecule has 0 aliphatic rings. The monoisotopic (exact) mass is 234 g/mol. The molecule has 0 unspecified atom stereocenters. The Bertz CT molecular complexity index is 404. The summed E-state index contributed by atoms with van der Waals surface area (Å²) >= 11 is 0. The van der Waals surface area contributed by atoms with E-state index < -0.39 is 29.9 Å². The van der Waals surface area contributed by atoms with Crippen LogP contribution in [0.1, 0.15) is 36.1 Å². The predicted molar refractivity (Wildman–Crippen MR) is 48.0 cm³/mol. The van der Waals surface area contributed by atoms with Crippen molar-refractivity contribution >= 4 is 11.6 Å². The van der Waals surface area contributed by atoms with Crippen LogP contribution in [0, 0.1) is 0 Å². The van der Waals surface area contributed by atoms with Gasteiger partial charge in [0.05, 0.1) is 6.42 Å². The summed E-state index contributed by atoms with van der Waals surface area (Å²) in [4.78, 5) is 22.2. The lowest BCUT2D eigenvalue weighted by molar-refractivity contribution is -0.153. The molecule has 1 heterocycles. The largest absolute Gasteiger partial charge is 0.449 e. The molecule has 0 aliphatic carbocycles. The molecular weight excluding hydrogens is 225 g/mol. The van der Waals surface area contributed by atoms with Crippen molar-refractivity contribution in [1.82, 2.24) is 0 Å². The van der Waals surface area contributed by atoms with Crippen LogP contribution in [0.25, 0.3) is 0 Å². The summed E-state index contributed by atoms with van der Waals surface area (Å²) in [6, 6.07) is 1.59. The van der Waals surface area contributed by atoms with Gasteiger partial charge in [0.2, 0.25) is 11.5 Å². The van der Waals surface area contributed by atoms with Crippen molar-refractivity contribution in [3.05, 3.63) is 23.7 Å². The van der Waals surface area contributed by atoms with Gasteiger partial charge in [-0.05, 0) is 12.1 Å². The van der Waals surface area contributed by atoms with E-state index in [9.17, 15) is 22.8 Å². The number of hydrogen-bond acceptors (Lipinski definition) is 3. The van der Waals surface area contributed by atoms with Crippen LogP contribution in [0.3, 0.4) is 0 Å². The highest BCUT2D eigenvalue weighted by Crippen LogP contribution is 2.30. The molecule has 1 aromatic heterocycles. The molecule has 0 radical (unpaired) electrons. The van der Waals surface area contributed by atoms with E-state index in [-0.39, 0.29) is 12.2 Å². The molecular formula is C10H9F3O3. The fourth-order valence-electron chi connectivity index (χ4n) is 1.03. The van der Waals surface area contributed by atoms with Gasteiger partial charge in [0, 0.05) is 6.42 Å². The first-order valence-electron chi connectivity index (χ1n) is 4.56. The molecule has 16 heavy (non-hydrogen) atoms. The van der Waals surface area contributed by atoms with Crippen molar-refractivity contribution in [2.45, 2.75) is 25.9 Å². The molecule has 0 aromatic carbocycles. The van der Waals surface area contributed by atoms with Gasteiger partial charge < -0.3 is 4.42 Å². The van der Waals surface area contributed by atoms with Gasteiger partial charge in [-0.15, -0.1) is 0 Å². The third-order valence-electron chi connectivity index (χ3n) is 1.91. The molecule has 0 N–H and O–H groups in total. The van der Waals surface area contributed by atoms with Gasteiger partial charge in [-0.3, -0.25) is 9.59 Å². The predicted octanol–water partition coefficient (Wildman–Crippen LogP) is 2.85. The Morgan fingerprint density at radius 2 is 1.94 bits per heavy atom. The molecule has 1 aromatic rings. The summed E-state index contributed by atoms with van der Waals surface area (Å²) in [6.45, 7) is 1.57. The van der Waals surface area contributed by atoms with Crippen molar-refractivity contribution in [3.8, 4) is 0 Å². The topological polar surface area (TPSA) is 47.3 Å². The highest BCUT2D eigenvalue weighted by molar-refractivity contribution is 6.06. The molecule has 0 fully saturated rings. The van der Waals surface area contributed by atoms with Crippen LogP contribution in [0.5, 0.6) is 0 Å². The van der Waals surface area contributed by atoms with Crippen LogP contribution >= 0.6 is 0 Å². The van der Waals surface area contributed by atoms with Crippen molar-refractivity contribution in [3.63, 3.8) is 0 Å². The fraction of sp³-hybridized carbons (Fsp3) is 0.400. The zero-order valence-electron chi connectivity index (χ0n) is 8.43. The zero-order valence-corrected chi connectivity index (χ0v) is 8.43. The minimum absolute atomic E-state index is 0.165. The number of alkyl halides is 3. The molecule has 6 heteroatoms. The lowest BCUT2D eigenvalue weighted by Crippen LogP contribution is -2.06. The quantitative estimate of drug-likeness (QED) is 0.594. The molecule has 0 aliphatic heterocycles. The van der Waals surface area contributed by atoms with Gasteiger partial charge in [-0.1, -0.05) is 6.92 Å². The van der Waals surface area contributed by atoms with Crippen molar-refractivity contribution < 1.29 is 27.2 Å². The van der Waals surface area contributed by atoms with Gasteiger partial charge in [0.15, 0.2) is 5.76 Å². The molecule has 0 amide bonds. The van der Waals surface area contributed by atoms with Gasteiger partial charge >= 0.3 is 6.18 Å². The summed E-state index contributed by atoms with van der Waals surface area (Å²) in [6.07, 6.45) is -4.88. The number of furan rings is 1. The normalized spacial score (nSPS) is 11.5. The Morgan fingerprint density at radius 1 is 1.31 bits per heavy atom. The summed E-state index contributed by atoms with van der Waals surface area (Å²) in [5.41, 5.74) is 0. The number of rotatable bonds is 4. The molecule has 0 spiro atoms. The number of halogens is 3. The minimum atomic E-state index is -4.62. The van der Waals surface area contributed by atoms with E-state index >= 15 is 0 Å². The molecule has 3 nitrogen and oxygen atoms in total. The van der Waals surface area contributed by atoms with Crippen molar-refractivity contribution in [2.24, 2.45) is 0 Å². The molecule has 0 atom stereocenters. The maximum absolute atomic E-state index is 12.1. The van der Waals surface area contributed by atoms with Crippen LogP contribution in [-0.2, 0) is 11.0 Å². The Hall–Kier alpha value is -1.59. The van der Waals surface area contributed by atoms with E-state index in [1.807, 2.05) is 0 Å². The Kier molecular flexibility index (Phi) is 3.51. The van der Waals surface area contributed by atoms with E-state index in [1.165, 1.54) is 0 Å². The first kappa shape index (κ1) is 12.5. The van der Waals surface area contributed by atoms with Crippen LogP contribution < -0.4 is 0 Å². The smallest absolute Gasteiger partial charge is 0.448 e. The van der Waals surface area contributed by atoms with E-state index in [0.717, 1.165) is 6.07 Å². The third-order valence-corrected chi connectivity index (χ3v) is 1.91. The van der Waals surface area contributed by atoms with E-state index in [1.54, 1.807) is 6.92 Å². The summed E-state index contributed by atoms with van der Waals surface area (Å²) < 4.78 is 40.7. The van der Waals surface area contributed by atoms with Crippen molar-refractivity contribution in [2.75, 3.05) is 0 Å². The maximum atomic E-state index is 12.1. The Labute approximate surface area is 89.2 Å². The second-order valence-electron chi connectivity index (χ2n) is 3.15. The summed E-state index contributed by atoms with van der Waals surface area (Å²) in [5.74, 6) is -2.74. The maximum Gasteiger partial charge on any atom is 0.449 e.